The minimum atomic E-state index is -0.229. The van der Waals surface area contributed by atoms with Crippen LogP contribution >= 0.6 is 11.8 Å². The van der Waals surface area contributed by atoms with Crippen molar-refractivity contribution in [3.63, 3.8) is 0 Å². The monoisotopic (exact) mass is 527 g/mol. The summed E-state index contributed by atoms with van der Waals surface area (Å²) in [4.78, 5) is 12.5. The first-order chi connectivity index (χ1) is 18.3. The molecule has 3 aromatic carbocycles. The van der Waals surface area contributed by atoms with E-state index in [1.165, 1.54) is 17.3 Å². The molecule has 0 aliphatic carbocycles. The molecule has 4 aromatic rings. The second kappa shape index (κ2) is 12.6. The predicted molar refractivity (Wildman–Crippen MR) is 154 cm³/mol. The molecule has 1 heterocycles. The van der Waals surface area contributed by atoms with Gasteiger partial charge in [-0.3, -0.25) is 9.36 Å². The fraction of sp³-hybridized carbons (Fsp3) is 0.267. The number of thioether (sulfide) groups is 1. The summed E-state index contributed by atoms with van der Waals surface area (Å²) in [6.45, 7) is 9.33. The van der Waals surface area contributed by atoms with Gasteiger partial charge >= 0.3 is 0 Å². The highest BCUT2D eigenvalue weighted by molar-refractivity contribution is 7.99. The Morgan fingerprint density at radius 3 is 2.37 bits per heavy atom. The molecule has 8 heteroatoms. The number of para-hydroxylation sites is 1. The van der Waals surface area contributed by atoms with Crippen LogP contribution < -0.4 is 10.2 Å². The van der Waals surface area contributed by atoms with Crippen LogP contribution in [0.15, 0.2) is 89.1 Å². The molecule has 196 valence electrons. The maximum atomic E-state index is 12.5. The molecule has 0 aliphatic heterocycles. The summed E-state index contributed by atoms with van der Waals surface area (Å²) in [5.41, 5.74) is 6.66. The molecule has 0 fully saturated rings. The van der Waals surface area contributed by atoms with E-state index in [2.05, 4.69) is 72.7 Å². The van der Waals surface area contributed by atoms with Gasteiger partial charge in [-0.25, -0.2) is 5.43 Å². The number of carbonyl (C=O) groups is 1. The highest BCUT2D eigenvalue weighted by Crippen LogP contribution is 2.30. The van der Waals surface area contributed by atoms with Crippen LogP contribution in [0.4, 0.5) is 0 Å². The molecular formula is C30H33N5O2S. The van der Waals surface area contributed by atoms with Crippen molar-refractivity contribution in [2.24, 2.45) is 5.10 Å². The van der Waals surface area contributed by atoms with E-state index in [-0.39, 0.29) is 17.1 Å². The second-order valence-electron chi connectivity index (χ2n) is 9.80. The number of amides is 1. The summed E-state index contributed by atoms with van der Waals surface area (Å²) in [6, 6.07) is 25.9. The number of hydrazone groups is 1. The lowest BCUT2D eigenvalue weighted by Crippen LogP contribution is -2.20. The molecule has 0 aliphatic rings. The Balaban J connectivity index is 1.44. The first-order valence-corrected chi connectivity index (χ1v) is 13.6. The van der Waals surface area contributed by atoms with Gasteiger partial charge in [0.25, 0.3) is 5.91 Å². The van der Waals surface area contributed by atoms with E-state index in [1.807, 2.05) is 59.2 Å². The average Bonchev–Trinajstić information content (AvgIpc) is 3.35. The molecule has 4 rings (SSSR count). The van der Waals surface area contributed by atoms with Crippen LogP contribution in [-0.4, -0.2) is 39.2 Å². The Labute approximate surface area is 228 Å². The van der Waals surface area contributed by atoms with Crippen LogP contribution in [0.1, 0.15) is 45.2 Å². The number of nitrogens with zero attached hydrogens (tertiary/aromatic N) is 4. The molecule has 7 nitrogen and oxygen atoms in total. The first-order valence-electron chi connectivity index (χ1n) is 12.6. The minimum absolute atomic E-state index is 0.0645. The van der Waals surface area contributed by atoms with E-state index >= 15 is 0 Å². The number of carbonyl (C=O) groups excluding carboxylic acids is 1. The van der Waals surface area contributed by atoms with Gasteiger partial charge in [0, 0.05) is 11.3 Å². The van der Waals surface area contributed by atoms with Gasteiger partial charge in [-0.05, 0) is 59.4 Å². The van der Waals surface area contributed by atoms with Crippen molar-refractivity contribution in [2.75, 3.05) is 12.4 Å². The molecule has 0 saturated heterocycles. The zero-order valence-electron chi connectivity index (χ0n) is 22.2. The third-order valence-corrected chi connectivity index (χ3v) is 6.67. The lowest BCUT2D eigenvalue weighted by atomic mass is 9.87. The van der Waals surface area contributed by atoms with Gasteiger partial charge in [0.2, 0.25) is 0 Å². The SMILES string of the molecule is CCCOc1ccc(/C=N\NC(=O)CSc2nnc(-c3ccc(C(C)(C)C)cc3)n2-c2ccccc2)cc1. The van der Waals surface area contributed by atoms with E-state index < -0.39 is 0 Å². The molecule has 0 bridgehead atoms. The summed E-state index contributed by atoms with van der Waals surface area (Å²) in [6.07, 6.45) is 2.57. The van der Waals surface area contributed by atoms with Gasteiger partial charge in [-0.2, -0.15) is 5.10 Å². The second-order valence-corrected chi connectivity index (χ2v) is 10.7. The average molecular weight is 528 g/mol. The van der Waals surface area contributed by atoms with Crippen molar-refractivity contribution in [1.82, 2.24) is 20.2 Å². The first kappa shape index (κ1) is 27.1. The van der Waals surface area contributed by atoms with Gasteiger partial charge < -0.3 is 4.74 Å². The lowest BCUT2D eigenvalue weighted by molar-refractivity contribution is -0.118. The van der Waals surface area contributed by atoms with E-state index in [0.29, 0.717) is 11.8 Å². The molecule has 0 saturated carbocycles. The number of rotatable bonds is 10. The largest absolute Gasteiger partial charge is 0.494 e. The van der Waals surface area contributed by atoms with Crippen molar-refractivity contribution in [3.05, 3.63) is 90.0 Å². The van der Waals surface area contributed by atoms with Crippen LogP contribution in [0.5, 0.6) is 5.75 Å². The van der Waals surface area contributed by atoms with Gasteiger partial charge in [-0.1, -0.05) is 81.9 Å². The molecule has 0 radical (unpaired) electrons. The van der Waals surface area contributed by atoms with Crippen molar-refractivity contribution in [2.45, 2.75) is 44.7 Å². The van der Waals surface area contributed by atoms with E-state index in [0.717, 1.165) is 34.8 Å². The summed E-state index contributed by atoms with van der Waals surface area (Å²) in [7, 11) is 0. The number of hydrogen-bond acceptors (Lipinski definition) is 6. The third-order valence-electron chi connectivity index (χ3n) is 5.75. The Morgan fingerprint density at radius 2 is 1.71 bits per heavy atom. The number of benzene rings is 3. The molecular weight excluding hydrogens is 494 g/mol. The fourth-order valence-electron chi connectivity index (χ4n) is 3.69. The van der Waals surface area contributed by atoms with Crippen molar-refractivity contribution < 1.29 is 9.53 Å². The normalized spacial score (nSPS) is 11.6. The van der Waals surface area contributed by atoms with Crippen LogP contribution in [-0.2, 0) is 10.2 Å². The highest BCUT2D eigenvalue weighted by Gasteiger charge is 2.19. The minimum Gasteiger partial charge on any atom is -0.494 e. The van der Waals surface area contributed by atoms with Crippen molar-refractivity contribution >= 4 is 23.9 Å². The third kappa shape index (κ3) is 7.10. The molecule has 38 heavy (non-hydrogen) atoms. The lowest BCUT2D eigenvalue weighted by Gasteiger charge is -2.19. The molecule has 0 unspecified atom stereocenters. The van der Waals surface area contributed by atoms with E-state index in [4.69, 9.17) is 4.74 Å². The fourth-order valence-corrected chi connectivity index (χ4v) is 4.44. The Morgan fingerprint density at radius 1 is 1.00 bits per heavy atom. The van der Waals surface area contributed by atoms with Crippen molar-refractivity contribution in [3.8, 4) is 22.8 Å². The van der Waals surface area contributed by atoms with Crippen LogP contribution in [0.2, 0.25) is 0 Å². The van der Waals surface area contributed by atoms with Crippen LogP contribution in [0.25, 0.3) is 17.1 Å². The Bertz CT molecular complexity index is 1360. The zero-order valence-corrected chi connectivity index (χ0v) is 23.0. The van der Waals surface area contributed by atoms with E-state index in [1.54, 1.807) is 6.21 Å². The molecule has 1 amide bonds. The Hall–Kier alpha value is -3.91. The topological polar surface area (TPSA) is 81.4 Å². The maximum Gasteiger partial charge on any atom is 0.250 e. The predicted octanol–water partition coefficient (Wildman–Crippen LogP) is 6.26. The molecule has 1 aromatic heterocycles. The summed E-state index contributed by atoms with van der Waals surface area (Å²) < 4.78 is 7.57. The maximum absolute atomic E-state index is 12.5. The summed E-state index contributed by atoms with van der Waals surface area (Å²) >= 11 is 1.32. The molecule has 0 atom stereocenters. The summed E-state index contributed by atoms with van der Waals surface area (Å²) in [5.74, 6) is 1.46. The Kier molecular flexibility index (Phi) is 8.97. The van der Waals surface area contributed by atoms with E-state index in [9.17, 15) is 4.79 Å². The molecule has 0 spiro atoms. The highest BCUT2D eigenvalue weighted by atomic mass is 32.2. The summed E-state index contributed by atoms with van der Waals surface area (Å²) in [5, 5.41) is 13.6. The van der Waals surface area contributed by atoms with Gasteiger partial charge in [0.15, 0.2) is 11.0 Å². The van der Waals surface area contributed by atoms with Crippen LogP contribution in [0, 0.1) is 0 Å². The quantitative estimate of drug-likeness (QED) is 0.149. The number of ether oxygens (including phenoxy) is 1. The van der Waals surface area contributed by atoms with Gasteiger partial charge in [-0.15, -0.1) is 10.2 Å². The van der Waals surface area contributed by atoms with Gasteiger partial charge in [0.05, 0.1) is 18.6 Å². The van der Waals surface area contributed by atoms with Crippen molar-refractivity contribution in [1.29, 1.82) is 0 Å². The number of nitrogens with one attached hydrogen (secondary N) is 1. The smallest absolute Gasteiger partial charge is 0.250 e. The zero-order chi connectivity index (χ0) is 27.0. The standard InChI is InChI=1S/C30H33N5O2S/c1-5-19-37-26-17-11-22(12-18-26)20-31-32-27(36)21-38-29-34-33-28(35(29)25-9-7-6-8-10-25)23-13-15-24(16-14-23)30(2,3)4/h6-18,20H,5,19,21H2,1-4H3,(H,32,36)/b31-20-. The van der Waals surface area contributed by atoms with Crippen LogP contribution in [0.3, 0.4) is 0 Å². The molecule has 1 N–H and O–H groups in total. The number of aromatic nitrogens is 3. The van der Waals surface area contributed by atoms with Gasteiger partial charge in [0.1, 0.15) is 5.75 Å². The number of hydrogen-bond donors (Lipinski definition) is 1.